The van der Waals surface area contributed by atoms with Crippen molar-refractivity contribution < 1.29 is 28.6 Å². The lowest BCUT2D eigenvalue weighted by Gasteiger charge is -2.44. The van der Waals surface area contributed by atoms with Crippen molar-refractivity contribution in [3.8, 4) is 11.5 Å². The van der Waals surface area contributed by atoms with Gasteiger partial charge in [-0.05, 0) is 93.9 Å². The monoisotopic (exact) mass is 558 g/mol. The van der Waals surface area contributed by atoms with E-state index in [0.29, 0.717) is 29.2 Å². The molecule has 1 unspecified atom stereocenters. The maximum absolute atomic E-state index is 13.2. The van der Waals surface area contributed by atoms with Crippen LogP contribution in [0.25, 0.3) is 0 Å². The highest BCUT2D eigenvalue weighted by atomic mass is 16.6. The first-order valence-electron chi connectivity index (χ1n) is 13.9. The molecule has 1 aliphatic rings. The van der Waals surface area contributed by atoms with Crippen LogP contribution in [0.2, 0.25) is 0 Å². The molecule has 0 saturated heterocycles. The van der Waals surface area contributed by atoms with E-state index in [1.807, 2.05) is 44.4 Å². The van der Waals surface area contributed by atoms with E-state index in [2.05, 4.69) is 4.90 Å². The Balaban J connectivity index is 1.51. The molecule has 0 heterocycles. The molecule has 1 saturated carbocycles. The van der Waals surface area contributed by atoms with Gasteiger partial charge in [0.15, 0.2) is 0 Å². The van der Waals surface area contributed by atoms with Gasteiger partial charge in [0.2, 0.25) is 0 Å². The molecule has 3 aromatic carbocycles. The number of carbonyl (C=O) groups is 3. The molecule has 0 bridgehead atoms. The number of hydrogen-bond acceptors (Lipinski definition) is 7. The molecule has 0 spiro atoms. The number of esters is 2. The van der Waals surface area contributed by atoms with Crippen LogP contribution in [-0.2, 0) is 4.74 Å². The summed E-state index contributed by atoms with van der Waals surface area (Å²) in [6.45, 7) is 0.700. The summed E-state index contributed by atoms with van der Waals surface area (Å²) >= 11 is 0. The molecule has 1 amide bonds. The second-order valence-electron chi connectivity index (χ2n) is 10.9. The van der Waals surface area contributed by atoms with Crippen LogP contribution in [0.4, 0.5) is 4.79 Å². The number of benzene rings is 3. The smallest absolute Gasteiger partial charge is 0.414 e. The molecular weight excluding hydrogens is 520 g/mol. The van der Waals surface area contributed by atoms with Gasteiger partial charge in [0, 0.05) is 26.6 Å². The molecule has 41 heavy (non-hydrogen) atoms. The van der Waals surface area contributed by atoms with E-state index in [0.717, 1.165) is 37.7 Å². The molecular formula is C33H38N2O6. The number of carbonyl (C=O) groups excluding carboxylic acids is 3. The van der Waals surface area contributed by atoms with Crippen LogP contribution < -0.4 is 9.47 Å². The fourth-order valence-electron chi connectivity index (χ4n) is 5.22. The van der Waals surface area contributed by atoms with E-state index < -0.39 is 17.7 Å². The van der Waals surface area contributed by atoms with Crippen LogP contribution in [0.3, 0.4) is 0 Å². The molecule has 3 aromatic rings. The molecule has 4 rings (SSSR count). The third-order valence-electron chi connectivity index (χ3n) is 7.34. The molecule has 0 aromatic heterocycles. The van der Waals surface area contributed by atoms with Gasteiger partial charge in [0.1, 0.15) is 17.1 Å². The lowest BCUT2D eigenvalue weighted by Crippen LogP contribution is -2.46. The number of likely N-dealkylation sites (N-methyl/N-ethyl adjacent to an activating group) is 1. The number of ether oxygens (including phenoxy) is 3. The third-order valence-corrected chi connectivity index (χ3v) is 7.34. The van der Waals surface area contributed by atoms with Crippen LogP contribution in [0, 0.1) is 0 Å². The first-order chi connectivity index (χ1) is 19.7. The molecule has 1 aliphatic carbocycles. The zero-order valence-corrected chi connectivity index (χ0v) is 24.2. The number of nitrogens with zero attached hydrogens (tertiary/aromatic N) is 2. The molecule has 1 atom stereocenters. The Hall–Kier alpha value is -4.17. The van der Waals surface area contributed by atoms with Crippen LogP contribution in [0.1, 0.15) is 64.3 Å². The normalized spacial score (nSPS) is 15.0. The van der Waals surface area contributed by atoms with Crippen molar-refractivity contribution in [1.82, 2.24) is 9.80 Å². The first kappa shape index (κ1) is 29.8. The summed E-state index contributed by atoms with van der Waals surface area (Å²) in [5.41, 5.74) is 1.27. The van der Waals surface area contributed by atoms with Gasteiger partial charge < -0.3 is 24.0 Å². The Morgan fingerprint density at radius 2 is 1.27 bits per heavy atom. The third kappa shape index (κ3) is 7.73. The second kappa shape index (κ2) is 13.5. The minimum atomic E-state index is -0.634. The molecule has 216 valence electrons. The zero-order chi connectivity index (χ0) is 29.4. The number of amides is 1. The maximum atomic E-state index is 13.2. The highest BCUT2D eigenvalue weighted by Gasteiger charge is 2.44. The summed E-state index contributed by atoms with van der Waals surface area (Å²) in [5, 5.41) is 0. The van der Waals surface area contributed by atoms with E-state index in [1.165, 1.54) is 4.90 Å². The first-order valence-corrected chi connectivity index (χ1v) is 13.9. The maximum Gasteiger partial charge on any atom is 0.414 e. The minimum Gasteiger partial charge on any atom is -0.455 e. The average molecular weight is 559 g/mol. The van der Waals surface area contributed by atoms with E-state index >= 15 is 0 Å². The Kier molecular flexibility index (Phi) is 9.78. The van der Waals surface area contributed by atoms with E-state index in [4.69, 9.17) is 14.2 Å². The number of rotatable bonds is 9. The van der Waals surface area contributed by atoms with Crippen molar-refractivity contribution in [2.45, 2.75) is 43.6 Å². The van der Waals surface area contributed by atoms with Gasteiger partial charge in [0.05, 0.1) is 11.1 Å². The highest BCUT2D eigenvalue weighted by Crippen LogP contribution is 2.44. The zero-order valence-electron chi connectivity index (χ0n) is 24.2. The fraction of sp³-hybridized carbons (Fsp3) is 0.364. The van der Waals surface area contributed by atoms with Crippen molar-refractivity contribution in [1.29, 1.82) is 0 Å². The molecule has 0 N–H and O–H groups in total. The lowest BCUT2D eigenvalue weighted by atomic mass is 9.72. The van der Waals surface area contributed by atoms with Crippen molar-refractivity contribution in [2.75, 3.05) is 34.7 Å². The van der Waals surface area contributed by atoms with Gasteiger partial charge >= 0.3 is 18.0 Å². The largest absolute Gasteiger partial charge is 0.455 e. The SMILES string of the molecule is CN(C)CC(c1ccc(OC(=O)c2ccc(OC(=O)N(C)C)cc2)cc1)C1(OC(=O)c2ccccc2)CCCCC1. The number of hydrogen-bond donors (Lipinski definition) is 0. The highest BCUT2D eigenvalue weighted by molar-refractivity contribution is 5.91. The fourth-order valence-corrected chi connectivity index (χ4v) is 5.22. The molecule has 8 nitrogen and oxygen atoms in total. The average Bonchev–Trinajstić information content (AvgIpc) is 2.97. The minimum absolute atomic E-state index is 0.0624. The van der Waals surface area contributed by atoms with Crippen LogP contribution in [0.15, 0.2) is 78.9 Å². The van der Waals surface area contributed by atoms with Gasteiger partial charge in [-0.15, -0.1) is 0 Å². The van der Waals surface area contributed by atoms with Gasteiger partial charge in [-0.3, -0.25) is 0 Å². The van der Waals surface area contributed by atoms with Crippen molar-refractivity contribution in [3.05, 3.63) is 95.6 Å². The van der Waals surface area contributed by atoms with Crippen molar-refractivity contribution in [2.24, 2.45) is 0 Å². The predicted molar refractivity (Wildman–Crippen MR) is 157 cm³/mol. The van der Waals surface area contributed by atoms with Gasteiger partial charge in [-0.2, -0.15) is 0 Å². The van der Waals surface area contributed by atoms with E-state index in [9.17, 15) is 14.4 Å². The van der Waals surface area contributed by atoms with Crippen LogP contribution in [0.5, 0.6) is 11.5 Å². The van der Waals surface area contributed by atoms with Crippen molar-refractivity contribution >= 4 is 18.0 Å². The summed E-state index contributed by atoms with van der Waals surface area (Å²) < 4.78 is 17.2. The molecule has 1 fully saturated rings. The molecule has 0 aliphatic heterocycles. The molecule has 0 radical (unpaired) electrons. The van der Waals surface area contributed by atoms with Crippen LogP contribution in [-0.4, -0.2) is 68.2 Å². The van der Waals surface area contributed by atoms with E-state index in [-0.39, 0.29) is 11.9 Å². The van der Waals surface area contributed by atoms with Gasteiger partial charge in [0.25, 0.3) is 0 Å². The Labute approximate surface area is 241 Å². The lowest BCUT2D eigenvalue weighted by molar-refractivity contribution is -0.0575. The summed E-state index contributed by atoms with van der Waals surface area (Å²) in [5.74, 6) is -0.142. The Morgan fingerprint density at radius 3 is 1.85 bits per heavy atom. The second-order valence-corrected chi connectivity index (χ2v) is 10.9. The Bertz CT molecular complexity index is 1310. The Morgan fingerprint density at radius 1 is 0.707 bits per heavy atom. The summed E-state index contributed by atoms with van der Waals surface area (Å²) in [6.07, 6.45) is 4.19. The predicted octanol–water partition coefficient (Wildman–Crippen LogP) is 6.17. The molecule has 8 heteroatoms. The van der Waals surface area contributed by atoms with Gasteiger partial charge in [-0.25, -0.2) is 14.4 Å². The summed E-state index contributed by atoms with van der Waals surface area (Å²) in [6, 6.07) is 22.8. The van der Waals surface area contributed by atoms with E-state index in [1.54, 1.807) is 62.6 Å². The summed E-state index contributed by atoms with van der Waals surface area (Å²) in [4.78, 5) is 41.2. The quantitative estimate of drug-likeness (QED) is 0.229. The standard InChI is InChI=1S/C33H38N2O6/c1-34(2)23-29(33(21-9-6-10-22-33)41-31(37)25-11-7-5-8-12-25)24-13-17-27(18-14-24)39-30(36)26-15-19-28(20-16-26)40-32(38)35(3)4/h5,7-8,11-20,29H,6,9-10,21-23H2,1-4H3. The van der Waals surface area contributed by atoms with Crippen LogP contribution >= 0.6 is 0 Å². The van der Waals surface area contributed by atoms with Crippen molar-refractivity contribution in [3.63, 3.8) is 0 Å². The van der Waals surface area contributed by atoms with Gasteiger partial charge in [-0.1, -0.05) is 36.8 Å². The summed E-state index contributed by atoms with van der Waals surface area (Å²) in [7, 11) is 7.22. The topological polar surface area (TPSA) is 85.4 Å².